The van der Waals surface area contributed by atoms with E-state index in [1.807, 2.05) is 7.05 Å². The summed E-state index contributed by atoms with van der Waals surface area (Å²) in [6, 6.07) is 1.86. The van der Waals surface area contributed by atoms with Gasteiger partial charge in [0.15, 0.2) is 0 Å². The molecule has 3 aromatic heterocycles. The standard InChI is InChI=1S/C17H20N6OS/c1-11(7-13-9-18-5-6-19-13)22(2)10-14-8-15(24)23-17(20-14)25-16(21-23)12-3-4-12/h5-6,8-9,11-12H,3-4,7,10H2,1-2H3/t11-/m0/s1. The van der Waals surface area contributed by atoms with Crippen molar-refractivity contribution in [2.24, 2.45) is 0 Å². The van der Waals surface area contributed by atoms with E-state index in [4.69, 9.17) is 0 Å². The first-order valence-corrected chi connectivity index (χ1v) is 9.26. The molecule has 25 heavy (non-hydrogen) atoms. The lowest BCUT2D eigenvalue weighted by Crippen LogP contribution is -2.31. The third-order valence-corrected chi connectivity index (χ3v) is 5.60. The summed E-state index contributed by atoms with van der Waals surface area (Å²) in [5, 5.41) is 5.45. The Labute approximate surface area is 149 Å². The van der Waals surface area contributed by atoms with Crippen molar-refractivity contribution in [3.63, 3.8) is 0 Å². The van der Waals surface area contributed by atoms with Gasteiger partial charge < -0.3 is 0 Å². The lowest BCUT2D eigenvalue weighted by Gasteiger charge is -2.23. The Bertz CT molecular complexity index is 933. The monoisotopic (exact) mass is 356 g/mol. The summed E-state index contributed by atoms with van der Waals surface area (Å²) in [5.74, 6) is 0.532. The van der Waals surface area contributed by atoms with Crippen molar-refractivity contribution in [1.29, 1.82) is 0 Å². The van der Waals surface area contributed by atoms with Gasteiger partial charge in [0, 0.05) is 49.6 Å². The van der Waals surface area contributed by atoms with Gasteiger partial charge in [-0.1, -0.05) is 11.3 Å². The molecule has 3 aromatic rings. The summed E-state index contributed by atoms with van der Waals surface area (Å²) in [4.78, 5) is 28.3. The minimum atomic E-state index is -0.0990. The Balaban J connectivity index is 1.50. The number of fused-ring (bicyclic) bond motifs is 1. The number of nitrogens with zero attached hydrogens (tertiary/aromatic N) is 6. The van der Waals surface area contributed by atoms with Crippen molar-refractivity contribution in [1.82, 2.24) is 29.5 Å². The average molecular weight is 356 g/mol. The molecule has 1 fully saturated rings. The highest BCUT2D eigenvalue weighted by molar-refractivity contribution is 7.16. The maximum Gasteiger partial charge on any atom is 0.275 e. The molecule has 1 aliphatic carbocycles. The minimum absolute atomic E-state index is 0.0990. The molecular formula is C17H20N6OS. The molecular weight excluding hydrogens is 336 g/mol. The van der Waals surface area contributed by atoms with Gasteiger partial charge in [-0.25, -0.2) is 4.98 Å². The number of hydrogen-bond acceptors (Lipinski definition) is 7. The van der Waals surface area contributed by atoms with E-state index in [1.54, 1.807) is 24.7 Å². The van der Waals surface area contributed by atoms with Crippen LogP contribution in [-0.4, -0.2) is 42.6 Å². The zero-order valence-corrected chi connectivity index (χ0v) is 15.1. The van der Waals surface area contributed by atoms with Gasteiger partial charge in [-0.15, -0.1) is 0 Å². The van der Waals surface area contributed by atoms with E-state index in [1.165, 1.54) is 28.7 Å². The largest absolute Gasteiger partial charge is 0.297 e. The predicted octanol–water partition coefficient (Wildman–Crippen LogP) is 1.88. The van der Waals surface area contributed by atoms with Gasteiger partial charge in [-0.3, -0.25) is 19.7 Å². The quantitative estimate of drug-likeness (QED) is 0.671. The molecule has 0 unspecified atom stereocenters. The number of hydrogen-bond donors (Lipinski definition) is 0. The summed E-state index contributed by atoms with van der Waals surface area (Å²) in [6.07, 6.45) is 8.32. The number of likely N-dealkylation sites (N-methyl/N-ethyl adjacent to an activating group) is 1. The molecule has 0 amide bonds. The summed E-state index contributed by atoms with van der Waals surface area (Å²) >= 11 is 1.54. The molecule has 1 atom stereocenters. The van der Waals surface area contributed by atoms with Crippen molar-refractivity contribution >= 4 is 16.3 Å². The van der Waals surface area contributed by atoms with Crippen molar-refractivity contribution < 1.29 is 0 Å². The molecule has 0 spiro atoms. The lowest BCUT2D eigenvalue weighted by molar-refractivity contribution is 0.244. The Hall–Kier alpha value is -2.19. The van der Waals surface area contributed by atoms with E-state index in [-0.39, 0.29) is 11.6 Å². The third kappa shape index (κ3) is 3.59. The zero-order chi connectivity index (χ0) is 17.4. The predicted molar refractivity (Wildman–Crippen MR) is 95.8 cm³/mol. The fraction of sp³-hybridized carbons (Fsp3) is 0.471. The van der Waals surface area contributed by atoms with Gasteiger partial charge >= 0.3 is 0 Å². The van der Waals surface area contributed by atoms with Crippen LogP contribution < -0.4 is 5.56 Å². The average Bonchev–Trinajstić information content (AvgIpc) is 3.35. The summed E-state index contributed by atoms with van der Waals surface area (Å²) in [6.45, 7) is 2.75. The second-order valence-electron chi connectivity index (χ2n) is 6.66. The van der Waals surface area contributed by atoms with Gasteiger partial charge in [0.1, 0.15) is 5.01 Å². The Morgan fingerprint density at radius 2 is 2.20 bits per heavy atom. The summed E-state index contributed by atoms with van der Waals surface area (Å²) in [7, 11) is 2.03. The second kappa shape index (κ2) is 6.61. The van der Waals surface area contributed by atoms with Crippen LogP contribution in [0.1, 0.15) is 42.1 Å². The topological polar surface area (TPSA) is 76.3 Å². The fourth-order valence-corrected chi connectivity index (χ4v) is 3.84. The van der Waals surface area contributed by atoms with E-state index in [0.717, 1.165) is 22.8 Å². The molecule has 4 rings (SSSR count). The molecule has 0 N–H and O–H groups in total. The first kappa shape index (κ1) is 16.3. The molecule has 1 saturated carbocycles. The van der Waals surface area contributed by atoms with Crippen molar-refractivity contribution in [3.05, 3.63) is 51.4 Å². The van der Waals surface area contributed by atoms with Crippen LogP contribution in [0.2, 0.25) is 0 Å². The zero-order valence-electron chi connectivity index (χ0n) is 14.3. The summed E-state index contributed by atoms with van der Waals surface area (Å²) in [5.41, 5.74) is 1.64. The van der Waals surface area contributed by atoms with E-state index in [9.17, 15) is 4.79 Å². The number of aromatic nitrogens is 5. The highest BCUT2D eigenvalue weighted by Crippen LogP contribution is 2.41. The minimum Gasteiger partial charge on any atom is -0.297 e. The van der Waals surface area contributed by atoms with E-state index >= 15 is 0 Å². The highest BCUT2D eigenvalue weighted by Gasteiger charge is 2.28. The fourth-order valence-electron chi connectivity index (χ4n) is 2.75. The van der Waals surface area contributed by atoms with Crippen LogP contribution in [0.4, 0.5) is 0 Å². The van der Waals surface area contributed by atoms with Gasteiger partial charge in [0.05, 0.1) is 11.4 Å². The smallest absolute Gasteiger partial charge is 0.275 e. The SMILES string of the molecule is C[C@@H](Cc1cnccn1)N(C)Cc1cc(=O)n2nc(C3CC3)sc2n1. The van der Waals surface area contributed by atoms with Crippen LogP contribution >= 0.6 is 11.3 Å². The maximum atomic E-state index is 12.3. The highest BCUT2D eigenvalue weighted by atomic mass is 32.1. The first-order valence-electron chi connectivity index (χ1n) is 8.45. The molecule has 1 aliphatic rings. The van der Waals surface area contributed by atoms with Crippen LogP contribution in [0.3, 0.4) is 0 Å². The maximum absolute atomic E-state index is 12.3. The molecule has 0 aromatic carbocycles. The van der Waals surface area contributed by atoms with Crippen molar-refractivity contribution in [2.45, 2.75) is 44.7 Å². The normalized spacial score (nSPS) is 15.8. The third-order valence-electron chi connectivity index (χ3n) is 4.53. The molecule has 3 heterocycles. The van der Waals surface area contributed by atoms with Crippen molar-refractivity contribution in [3.8, 4) is 0 Å². The Morgan fingerprint density at radius 3 is 2.92 bits per heavy atom. The Morgan fingerprint density at radius 1 is 1.36 bits per heavy atom. The molecule has 0 aliphatic heterocycles. The van der Waals surface area contributed by atoms with Crippen molar-refractivity contribution in [2.75, 3.05) is 7.05 Å². The van der Waals surface area contributed by atoms with Crippen LogP contribution in [0.25, 0.3) is 4.96 Å². The molecule has 7 nitrogen and oxygen atoms in total. The van der Waals surface area contributed by atoms with Gasteiger partial charge in [-0.05, 0) is 26.8 Å². The van der Waals surface area contributed by atoms with Crippen LogP contribution in [-0.2, 0) is 13.0 Å². The van der Waals surface area contributed by atoms with E-state index in [2.05, 4.69) is 31.9 Å². The molecule has 130 valence electrons. The van der Waals surface area contributed by atoms with Gasteiger partial charge in [-0.2, -0.15) is 9.61 Å². The van der Waals surface area contributed by atoms with Gasteiger partial charge in [0.25, 0.3) is 5.56 Å². The Kier molecular flexibility index (Phi) is 4.30. The first-order chi connectivity index (χ1) is 12.1. The second-order valence-corrected chi connectivity index (χ2v) is 7.65. The summed E-state index contributed by atoms with van der Waals surface area (Å²) < 4.78 is 1.44. The van der Waals surface area contributed by atoms with Gasteiger partial charge in [0.2, 0.25) is 4.96 Å². The van der Waals surface area contributed by atoms with E-state index in [0.29, 0.717) is 17.4 Å². The molecule has 0 radical (unpaired) electrons. The lowest BCUT2D eigenvalue weighted by atomic mass is 10.1. The molecule has 0 bridgehead atoms. The number of rotatable bonds is 6. The van der Waals surface area contributed by atoms with Crippen LogP contribution in [0, 0.1) is 0 Å². The van der Waals surface area contributed by atoms with Crippen LogP contribution in [0.5, 0.6) is 0 Å². The van der Waals surface area contributed by atoms with E-state index < -0.39 is 0 Å². The van der Waals surface area contributed by atoms with Crippen LogP contribution in [0.15, 0.2) is 29.5 Å². The molecule has 8 heteroatoms. The molecule has 0 saturated heterocycles.